The summed E-state index contributed by atoms with van der Waals surface area (Å²) in [5, 5.41) is 0.681. The number of nitrogen functional groups attached to an aromatic ring is 1. The largest absolute Gasteiger partial charge is 0.375 e. The number of hydrogen-bond donors (Lipinski definition) is 1. The number of nitrogens with two attached hydrogens (primary N) is 1. The first-order valence-electron chi connectivity index (χ1n) is 5.07. The van der Waals surface area contributed by atoms with Crippen molar-refractivity contribution in [3.05, 3.63) is 11.1 Å². The Bertz CT molecular complexity index is 302. The first kappa shape index (κ1) is 9.93. The first-order valence-corrected chi connectivity index (χ1v) is 5.89. The minimum Gasteiger partial charge on any atom is -0.375 e. The molecule has 0 aliphatic carbocycles. The third-order valence-electron chi connectivity index (χ3n) is 2.88. The monoisotopic (exact) mass is 211 g/mol. The average molecular weight is 211 g/mol. The van der Waals surface area contributed by atoms with Gasteiger partial charge in [-0.2, -0.15) is 0 Å². The molecule has 1 saturated heterocycles. The smallest absolute Gasteiger partial charge is 0.180 e. The van der Waals surface area contributed by atoms with Gasteiger partial charge in [0.15, 0.2) is 5.13 Å². The second-order valence-electron chi connectivity index (χ2n) is 4.36. The topological polar surface area (TPSA) is 42.2 Å². The van der Waals surface area contributed by atoms with Crippen LogP contribution in [-0.4, -0.2) is 23.0 Å². The third-order valence-corrected chi connectivity index (χ3v) is 3.69. The molecule has 2 heterocycles. The molecule has 3 nitrogen and oxygen atoms in total. The summed E-state index contributed by atoms with van der Waals surface area (Å²) in [6, 6.07) is 0. The number of likely N-dealkylation sites (tertiary alicyclic amines) is 1. The number of hydrogen-bond acceptors (Lipinski definition) is 4. The fourth-order valence-corrected chi connectivity index (χ4v) is 2.50. The van der Waals surface area contributed by atoms with Crippen LogP contribution in [0.2, 0.25) is 0 Å². The van der Waals surface area contributed by atoms with Crippen LogP contribution in [0.25, 0.3) is 0 Å². The van der Waals surface area contributed by atoms with Crippen LogP contribution >= 0.6 is 11.3 Å². The van der Waals surface area contributed by atoms with Crippen molar-refractivity contribution in [2.24, 2.45) is 11.8 Å². The SMILES string of the molecule is CC(C)C1CN(Cc2cnc(N)s2)C1. The van der Waals surface area contributed by atoms with E-state index in [9.17, 15) is 0 Å². The number of thiazole rings is 1. The molecule has 2 rings (SSSR count). The van der Waals surface area contributed by atoms with Gasteiger partial charge in [0.05, 0.1) is 0 Å². The van der Waals surface area contributed by atoms with Crippen molar-refractivity contribution in [2.45, 2.75) is 20.4 Å². The summed E-state index contributed by atoms with van der Waals surface area (Å²) in [4.78, 5) is 7.79. The maximum Gasteiger partial charge on any atom is 0.180 e. The Labute approximate surface area is 88.9 Å². The van der Waals surface area contributed by atoms with Crippen molar-refractivity contribution < 1.29 is 0 Å². The molecule has 0 bridgehead atoms. The summed E-state index contributed by atoms with van der Waals surface area (Å²) in [5.41, 5.74) is 5.58. The van der Waals surface area contributed by atoms with Gasteiger partial charge in [-0.25, -0.2) is 4.98 Å². The second-order valence-corrected chi connectivity index (χ2v) is 5.51. The van der Waals surface area contributed by atoms with E-state index in [0.717, 1.165) is 18.4 Å². The van der Waals surface area contributed by atoms with Gasteiger partial charge in [0.1, 0.15) is 0 Å². The van der Waals surface area contributed by atoms with Gasteiger partial charge >= 0.3 is 0 Å². The third kappa shape index (κ3) is 2.07. The van der Waals surface area contributed by atoms with Crippen LogP contribution in [0.1, 0.15) is 18.7 Å². The fourth-order valence-electron chi connectivity index (χ4n) is 1.78. The van der Waals surface area contributed by atoms with Gasteiger partial charge in [-0.3, -0.25) is 4.90 Å². The van der Waals surface area contributed by atoms with Crippen molar-refractivity contribution in [1.29, 1.82) is 0 Å². The maximum absolute atomic E-state index is 5.58. The predicted octanol–water partition coefficient (Wildman–Crippen LogP) is 1.81. The molecule has 0 amide bonds. The van der Waals surface area contributed by atoms with Crippen LogP contribution in [0.3, 0.4) is 0 Å². The molecule has 1 aromatic heterocycles. The lowest BCUT2D eigenvalue weighted by Gasteiger charge is -2.41. The van der Waals surface area contributed by atoms with Gasteiger partial charge in [0, 0.05) is 30.7 Å². The van der Waals surface area contributed by atoms with Crippen LogP contribution in [0.15, 0.2) is 6.20 Å². The number of nitrogens with zero attached hydrogens (tertiary/aromatic N) is 2. The molecule has 1 aromatic rings. The highest BCUT2D eigenvalue weighted by Crippen LogP contribution is 2.26. The van der Waals surface area contributed by atoms with E-state index in [-0.39, 0.29) is 0 Å². The molecule has 2 N–H and O–H groups in total. The summed E-state index contributed by atoms with van der Waals surface area (Å²) >= 11 is 1.60. The Balaban J connectivity index is 1.79. The lowest BCUT2D eigenvalue weighted by atomic mass is 9.88. The second kappa shape index (κ2) is 3.87. The van der Waals surface area contributed by atoms with E-state index >= 15 is 0 Å². The Morgan fingerprint density at radius 1 is 1.64 bits per heavy atom. The van der Waals surface area contributed by atoms with Crippen LogP contribution < -0.4 is 5.73 Å². The normalized spacial score (nSPS) is 18.8. The van der Waals surface area contributed by atoms with E-state index in [1.165, 1.54) is 18.0 Å². The van der Waals surface area contributed by atoms with Crippen molar-refractivity contribution in [3.63, 3.8) is 0 Å². The first-order chi connectivity index (χ1) is 6.65. The Morgan fingerprint density at radius 2 is 2.36 bits per heavy atom. The Hall–Kier alpha value is -0.610. The lowest BCUT2D eigenvalue weighted by molar-refractivity contribution is 0.0623. The number of rotatable bonds is 3. The maximum atomic E-state index is 5.58. The van der Waals surface area contributed by atoms with Crippen molar-refractivity contribution >= 4 is 16.5 Å². The molecule has 1 aliphatic heterocycles. The Kier molecular flexibility index (Phi) is 2.74. The van der Waals surface area contributed by atoms with Gasteiger partial charge in [0.25, 0.3) is 0 Å². The van der Waals surface area contributed by atoms with E-state index in [1.54, 1.807) is 11.3 Å². The zero-order valence-electron chi connectivity index (χ0n) is 8.73. The highest BCUT2D eigenvalue weighted by atomic mass is 32.1. The molecule has 1 aliphatic rings. The van der Waals surface area contributed by atoms with E-state index in [1.807, 2.05) is 6.20 Å². The van der Waals surface area contributed by atoms with Gasteiger partial charge in [-0.1, -0.05) is 13.8 Å². The zero-order chi connectivity index (χ0) is 10.1. The molecule has 0 saturated carbocycles. The van der Waals surface area contributed by atoms with E-state index in [0.29, 0.717) is 5.13 Å². The van der Waals surface area contributed by atoms with E-state index in [2.05, 4.69) is 23.7 Å². The average Bonchev–Trinajstić information content (AvgIpc) is 2.42. The molecule has 4 heteroatoms. The fraction of sp³-hybridized carbons (Fsp3) is 0.700. The van der Waals surface area contributed by atoms with E-state index < -0.39 is 0 Å². The summed E-state index contributed by atoms with van der Waals surface area (Å²) in [6.45, 7) is 8.09. The molecule has 0 radical (unpaired) electrons. The highest BCUT2D eigenvalue weighted by molar-refractivity contribution is 7.15. The summed E-state index contributed by atoms with van der Waals surface area (Å²) in [6.07, 6.45) is 1.89. The quantitative estimate of drug-likeness (QED) is 0.829. The zero-order valence-corrected chi connectivity index (χ0v) is 9.55. The molecule has 0 spiro atoms. The van der Waals surface area contributed by atoms with Crippen LogP contribution in [0.5, 0.6) is 0 Å². The minimum absolute atomic E-state index is 0.681. The van der Waals surface area contributed by atoms with Gasteiger partial charge in [-0.15, -0.1) is 11.3 Å². The number of aromatic nitrogens is 1. The molecule has 1 fully saturated rings. The highest BCUT2D eigenvalue weighted by Gasteiger charge is 2.28. The van der Waals surface area contributed by atoms with Crippen molar-refractivity contribution in [2.75, 3.05) is 18.8 Å². The molecular weight excluding hydrogens is 194 g/mol. The number of anilines is 1. The molecule has 78 valence electrons. The van der Waals surface area contributed by atoms with Crippen LogP contribution in [0, 0.1) is 11.8 Å². The summed E-state index contributed by atoms with van der Waals surface area (Å²) < 4.78 is 0. The van der Waals surface area contributed by atoms with Crippen LogP contribution in [0.4, 0.5) is 5.13 Å². The standard InChI is InChI=1S/C10H17N3S/c1-7(2)8-4-13(5-8)6-9-3-12-10(11)14-9/h3,7-8H,4-6H2,1-2H3,(H2,11,12). The van der Waals surface area contributed by atoms with Gasteiger partial charge < -0.3 is 5.73 Å². The molecule has 0 atom stereocenters. The predicted molar refractivity (Wildman–Crippen MR) is 60.1 cm³/mol. The van der Waals surface area contributed by atoms with Gasteiger partial charge in [-0.05, 0) is 11.8 Å². The summed E-state index contributed by atoms with van der Waals surface area (Å²) in [7, 11) is 0. The molecule has 0 aromatic carbocycles. The summed E-state index contributed by atoms with van der Waals surface area (Å²) in [5.74, 6) is 1.71. The van der Waals surface area contributed by atoms with Crippen molar-refractivity contribution in [3.8, 4) is 0 Å². The van der Waals surface area contributed by atoms with Crippen LogP contribution in [-0.2, 0) is 6.54 Å². The van der Waals surface area contributed by atoms with Crippen molar-refractivity contribution in [1.82, 2.24) is 9.88 Å². The van der Waals surface area contributed by atoms with Gasteiger partial charge in [0.2, 0.25) is 0 Å². The molecule has 0 unspecified atom stereocenters. The molecular formula is C10H17N3S. The lowest BCUT2D eigenvalue weighted by Crippen LogP contribution is -2.47. The molecule has 14 heavy (non-hydrogen) atoms. The van der Waals surface area contributed by atoms with E-state index in [4.69, 9.17) is 5.73 Å². The minimum atomic E-state index is 0.681. The Morgan fingerprint density at radius 3 is 2.86 bits per heavy atom.